The largest absolute Gasteiger partial charge is 0.421 e. The van der Waals surface area contributed by atoms with Gasteiger partial charge in [-0.2, -0.15) is 23.1 Å². The van der Waals surface area contributed by atoms with Crippen molar-refractivity contribution < 1.29 is 22.6 Å². The molecule has 1 unspecified atom stereocenters. The minimum atomic E-state index is -4.60. The number of imidazole rings is 1. The van der Waals surface area contributed by atoms with Crippen LogP contribution in [0.4, 0.5) is 19.0 Å². The number of methoxy groups -OCH3 is 1. The lowest BCUT2D eigenvalue weighted by molar-refractivity contribution is -0.219. The Hall–Kier alpha value is -1.65. The van der Waals surface area contributed by atoms with Crippen molar-refractivity contribution in [2.45, 2.75) is 25.7 Å². The van der Waals surface area contributed by atoms with E-state index in [0.29, 0.717) is 32.1 Å². The van der Waals surface area contributed by atoms with Gasteiger partial charge in [0, 0.05) is 26.7 Å². The summed E-state index contributed by atoms with van der Waals surface area (Å²) in [5.74, 6) is 0.141. The first-order valence-electron chi connectivity index (χ1n) is 7.72. The summed E-state index contributed by atoms with van der Waals surface area (Å²) in [6, 6.07) is 0. The van der Waals surface area contributed by atoms with Crippen molar-refractivity contribution in [1.82, 2.24) is 19.5 Å². The Morgan fingerprint density at radius 1 is 1.24 bits per heavy atom. The lowest BCUT2D eigenvalue weighted by Gasteiger charge is -2.27. The van der Waals surface area contributed by atoms with Crippen LogP contribution >= 0.6 is 11.6 Å². The molecule has 0 saturated carbocycles. The van der Waals surface area contributed by atoms with Crippen molar-refractivity contribution in [3.63, 3.8) is 0 Å². The molecule has 1 aliphatic heterocycles. The maximum Gasteiger partial charge on any atom is 0.421 e. The molecular formula is C14H17ClF3N5O2. The molecule has 11 heteroatoms. The number of hydrogen-bond donors (Lipinski definition) is 0. The number of anilines is 1. The molecule has 1 saturated heterocycles. The maximum atomic E-state index is 13.3. The van der Waals surface area contributed by atoms with Gasteiger partial charge in [0.25, 0.3) is 0 Å². The number of rotatable bonds is 4. The van der Waals surface area contributed by atoms with E-state index in [2.05, 4.69) is 19.7 Å². The second-order valence-electron chi connectivity index (χ2n) is 5.46. The molecule has 1 aliphatic rings. The van der Waals surface area contributed by atoms with Crippen molar-refractivity contribution in [2.75, 3.05) is 38.3 Å². The summed E-state index contributed by atoms with van der Waals surface area (Å²) in [5, 5.41) is -0.0453. The Labute approximate surface area is 146 Å². The van der Waals surface area contributed by atoms with E-state index in [0.717, 1.165) is 7.11 Å². The van der Waals surface area contributed by atoms with Gasteiger partial charge in [0.1, 0.15) is 5.82 Å². The number of nitrogens with zero attached hydrogens (tertiary/aromatic N) is 5. The van der Waals surface area contributed by atoms with E-state index in [1.165, 1.54) is 4.57 Å². The molecule has 3 heterocycles. The first-order chi connectivity index (χ1) is 11.9. The van der Waals surface area contributed by atoms with E-state index >= 15 is 0 Å². The van der Waals surface area contributed by atoms with Crippen LogP contribution in [0.25, 0.3) is 11.2 Å². The quantitative estimate of drug-likeness (QED) is 0.761. The summed E-state index contributed by atoms with van der Waals surface area (Å²) in [6.45, 7) is 4.02. The number of halogens is 4. The van der Waals surface area contributed by atoms with Crippen molar-refractivity contribution in [2.24, 2.45) is 0 Å². The van der Waals surface area contributed by atoms with Crippen LogP contribution in [0.2, 0.25) is 5.28 Å². The fraction of sp³-hybridized carbons (Fsp3) is 0.643. The van der Waals surface area contributed by atoms with Crippen LogP contribution in [0.3, 0.4) is 0 Å². The highest BCUT2D eigenvalue weighted by atomic mass is 35.5. The van der Waals surface area contributed by atoms with Gasteiger partial charge in [0.05, 0.1) is 13.2 Å². The van der Waals surface area contributed by atoms with Gasteiger partial charge in [-0.3, -0.25) is 0 Å². The van der Waals surface area contributed by atoms with Crippen molar-refractivity contribution >= 4 is 28.6 Å². The van der Waals surface area contributed by atoms with Crippen LogP contribution in [-0.4, -0.2) is 59.1 Å². The highest BCUT2D eigenvalue weighted by Crippen LogP contribution is 2.37. The monoisotopic (exact) mass is 379 g/mol. The van der Waals surface area contributed by atoms with Crippen LogP contribution in [-0.2, 0) is 16.0 Å². The zero-order valence-corrected chi connectivity index (χ0v) is 14.4. The smallest absolute Gasteiger partial charge is 0.378 e. The average Bonchev–Trinajstić information content (AvgIpc) is 2.92. The predicted octanol–water partition coefficient (Wildman–Crippen LogP) is 2.59. The first kappa shape index (κ1) is 18.2. The molecule has 7 nitrogen and oxygen atoms in total. The number of hydrogen-bond acceptors (Lipinski definition) is 6. The van der Waals surface area contributed by atoms with Crippen molar-refractivity contribution in [3.05, 3.63) is 11.1 Å². The molecule has 1 atom stereocenters. The van der Waals surface area contributed by atoms with Crippen LogP contribution in [0.15, 0.2) is 0 Å². The van der Waals surface area contributed by atoms with Gasteiger partial charge in [-0.05, 0) is 18.5 Å². The summed E-state index contributed by atoms with van der Waals surface area (Å²) in [5.41, 5.74) is 0.528. The molecule has 25 heavy (non-hydrogen) atoms. The SMILES string of the molecule is CCn1c(C(OC)C(F)(F)F)nc2c(N3CCOCC3)nc(Cl)nc21. The normalized spacial score (nSPS) is 17.3. The molecule has 0 N–H and O–H groups in total. The molecule has 2 aromatic heterocycles. The third-order valence-corrected chi connectivity index (χ3v) is 4.14. The summed E-state index contributed by atoms with van der Waals surface area (Å²) >= 11 is 6.01. The lowest BCUT2D eigenvalue weighted by Crippen LogP contribution is -2.37. The van der Waals surface area contributed by atoms with E-state index < -0.39 is 12.3 Å². The first-order valence-corrected chi connectivity index (χ1v) is 8.10. The fourth-order valence-corrected chi connectivity index (χ4v) is 3.03. The number of fused-ring (bicyclic) bond motifs is 1. The number of alkyl halides is 3. The minimum absolute atomic E-state index is 0.0453. The summed E-state index contributed by atoms with van der Waals surface area (Å²) < 4.78 is 51.3. The van der Waals surface area contributed by atoms with Crippen LogP contribution in [0.5, 0.6) is 0 Å². The van der Waals surface area contributed by atoms with Gasteiger partial charge in [-0.25, -0.2) is 4.98 Å². The van der Waals surface area contributed by atoms with E-state index in [1.54, 1.807) is 6.92 Å². The van der Waals surface area contributed by atoms with E-state index in [4.69, 9.17) is 16.3 Å². The van der Waals surface area contributed by atoms with E-state index in [-0.39, 0.29) is 28.8 Å². The molecule has 2 aromatic rings. The molecule has 1 fully saturated rings. The highest BCUT2D eigenvalue weighted by Gasteiger charge is 2.44. The molecular weight excluding hydrogens is 363 g/mol. The van der Waals surface area contributed by atoms with Gasteiger partial charge >= 0.3 is 6.18 Å². The predicted molar refractivity (Wildman–Crippen MR) is 84.8 cm³/mol. The highest BCUT2D eigenvalue weighted by molar-refractivity contribution is 6.28. The van der Waals surface area contributed by atoms with Crippen LogP contribution in [0, 0.1) is 0 Å². The average molecular weight is 380 g/mol. The lowest BCUT2D eigenvalue weighted by atomic mass is 10.3. The molecule has 0 radical (unpaired) electrons. The molecule has 3 rings (SSSR count). The zero-order valence-electron chi connectivity index (χ0n) is 13.7. The third kappa shape index (κ3) is 3.38. The summed E-state index contributed by atoms with van der Waals surface area (Å²) in [4.78, 5) is 14.4. The van der Waals surface area contributed by atoms with E-state index in [1.807, 2.05) is 4.90 Å². The topological polar surface area (TPSA) is 65.3 Å². The Morgan fingerprint density at radius 3 is 2.48 bits per heavy atom. The third-order valence-electron chi connectivity index (χ3n) is 3.97. The molecule has 138 valence electrons. The molecule has 0 aliphatic carbocycles. The number of aryl methyl sites for hydroxylation is 1. The van der Waals surface area contributed by atoms with Gasteiger partial charge in [-0.1, -0.05) is 0 Å². The summed E-state index contributed by atoms with van der Waals surface area (Å²) in [6.07, 6.45) is -6.75. The van der Waals surface area contributed by atoms with Crippen molar-refractivity contribution in [1.29, 1.82) is 0 Å². The minimum Gasteiger partial charge on any atom is -0.378 e. The standard InChI is InChI=1S/C14H17ClF3N5O2/c1-3-23-11-8(19-12(23)9(24-2)14(16,17)18)10(20-13(15)21-11)22-4-6-25-7-5-22/h9H,3-7H2,1-2H3. The Bertz CT molecular complexity index is 761. The van der Waals surface area contributed by atoms with Crippen LogP contribution < -0.4 is 4.90 Å². The number of aromatic nitrogens is 4. The van der Waals surface area contributed by atoms with Crippen LogP contribution in [0.1, 0.15) is 18.9 Å². The summed E-state index contributed by atoms with van der Waals surface area (Å²) in [7, 11) is 0.999. The van der Waals surface area contributed by atoms with E-state index in [9.17, 15) is 13.2 Å². The molecule has 0 amide bonds. The zero-order chi connectivity index (χ0) is 18.2. The van der Waals surface area contributed by atoms with Gasteiger partial charge < -0.3 is 18.9 Å². The van der Waals surface area contributed by atoms with Crippen molar-refractivity contribution in [3.8, 4) is 0 Å². The number of ether oxygens (including phenoxy) is 2. The maximum absolute atomic E-state index is 13.3. The molecule has 0 aromatic carbocycles. The number of morpholine rings is 1. The van der Waals surface area contributed by atoms with Gasteiger partial charge in [0.2, 0.25) is 11.4 Å². The van der Waals surface area contributed by atoms with Gasteiger partial charge in [0.15, 0.2) is 17.0 Å². The molecule has 0 spiro atoms. The van der Waals surface area contributed by atoms with Gasteiger partial charge in [-0.15, -0.1) is 0 Å². The fourth-order valence-electron chi connectivity index (χ4n) is 2.87. The Balaban J connectivity index is 2.20. The molecule has 0 bridgehead atoms. The Morgan fingerprint density at radius 2 is 1.92 bits per heavy atom. The second kappa shape index (κ2) is 6.93. The second-order valence-corrected chi connectivity index (χ2v) is 5.80. The Kier molecular flexibility index (Phi) is 5.03.